The molecule has 106 valence electrons. The number of aromatic hydroxyl groups is 1. The number of phenols is 1. The van der Waals surface area contributed by atoms with Crippen LogP contribution in [0, 0.1) is 0 Å². The zero-order chi connectivity index (χ0) is 14.5. The molecular formula is C14H17N3O2S. The lowest BCUT2D eigenvalue weighted by Gasteiger charge is -2.16. The third kappa shape index (κ3) is 3.77. The average molecular weight is 291 g/mol. The third-order valence-electron chi connectivity index (χ3n) is 2.92. The third-order valence-corrected chi connectivity index (χ3v) is 3.92. The summed E-state index contributed by atoms with van der Waals surface area (Å²) in [6.45, 7) is 0.498. The first-order valence-electron chi connectivity index (χ1n) is 6.18. The van der Waals surface area contributed by atoms with Crippen LogP contribution in [0.25, 0.3) is 0 Å². The van der Waals surface area contributed by atoms with Crippen LogP contribution in [-0.4, -0.2) is 38.3 Å². The van der Waals surface area contributed by atoms with E-state index in [9.17, 15) is 9.90 Å². The van der Waals surface area contributed by atoms with Gasteiger partial charge >= 0.3 is 0 Å². The van der Waals surface area contributed by atoms with Crippen molar-refractivity contribution in [2.24, 2.45) is 7.05 Å². The number of imidazole rings is 1. The van der Waals surface area contributed by atoms with Gasteiger partial charge < -0.3 is 14.6 Å². The molecular weight excluding hydrogens is 274 g/mol. The van der Waals surface area contributed by atoms with Gasteiger partial charge in [-0.05, 0) is 24.3 Å². The molecule has 2 aromatic rings. The van der Waals surface area contributed by atoms with Crippen LogP contribution in [-0.2, 0) is 18.4 Å². The standard InChI is InChI=1S/C14H17N3O2S/c1-16-8-7-15-13(16)9-17(2)14(19)10-20-12-5-3-11(18)4-6-12/h3-8,18H,9-10H2,1-2H3. The Kier molecular flexibility index (Phi) is 4.68. The van der Waals surface area contributed by atoms with Crippen molar-refractivity contribution in [2.45, 2.75) is 11.4 Å². The predicted octanol–water partition coefficient (Wildman–Crippen LogP) is 1.88. The van der Waals surface area contributed by atoms with Crippen molar-refractivity contribution in [3.8, 4) is 5.75 Å². The Morgan fingerprint density at radius 2 is 2.10 bits per heavy atom. The van der Waals surface area contributed by atoms with Gasteiger partial charge in [0.2, 0.25) is 5.91 Å². The molecule has 0 atom stereocenters. The highest BCUT2D eigenvalue weighted by Gasteiger charge is 2.11. The maximum atomic E-state index is 12.0. The van der Waals surface area contributed by atoms with Gasteiger partial charge in [0.1, 0.15) is 11.6 Å². The van der Waals surface area contributed by atoms with Gasteiger partial charge in [0.25, 0.3) is 0 Å². The molecule has 0 saturated heterocycles. The van der Waals surface area contributed by atoms with Gasteiger partial charge in [-0.3, -0.25) is 4.79 Å². The lowest BCUT2D eigenvalue weighted by atomic mass is 10.3. The van der Waals surface area contributed by atoms with Crippen LogP contribution < -0.4 is 0 Å². The van der Waals surface area contributed by atoms with Gasteiger partial charge in [0.05, 0.1) is 12.3 Å². The number of hydrogen-bond acceptors (Lipinski definition) is 4. The van der Waals surface area contributed by atoms with Crippen LogP contribution in [0.1, 0.15) is 5.82 Å². The molecule has 0 aliphatic heterocycles. The molecule has 0 aliphatic carbocycles. The number of aryl methyl sites for hydroxylation is 1. The summed E-state index contributed by atoms with van der Waals surface area (Å²) >= 11 is 1.45. The Bertz CT molecular complexity index is 580. The largest absolute Gasteiger partial charge is 0.508 e. The number of hydrogen-bond donors (Lipinski definition) is 1. The van der Waals surface area contributed by atoms with E-state index in [1.54, 1.807) is 42.4 Å². The molecule has 1 aromatic carbocycles. The number of carbonyl (C=O) groups is 1. The second-order valence-electron chi connectivity index (χ2n) is 4.49. The van der Waals surface area contributed by atoms with Crippen LogP contribution in [0.4, 0.5) is 0 Å². The second-order valence-corrected chi connectivity index (χ2v) is 5.54. The first kappa shape index (κ1) is 14.5. The molecule has 0 spiro atoms. The van der Waals surface area contributed by atoms with E-state index in [1.807, 2.05) is 17.8 Å². The number of phenolic OH excluding ortho intramolecular Hbond substituents is 1. The summed E-state index contributed by atoms with van der Waals surface area (Å²) in [5.41, 5.74) is 0. The summed E-state index contributed by atoms with van der Waals surface area (Å²) in [6.07, 6.45) is 3.58. The maximum absolute atomic E-state index is 12.0. The van der Waals surface area contributed by atoms with E-state index in [1.165, 1.54) is 11.8 Å². The molecule has 1 amide bonds. The van der Waals surface area contributed by atoms with Gasteiger partial charge in [-0.1, -0.05) is 0 Å². The number of rotatable bonds is 5. The minimum absolute atomic E-state index is 0.0473. The molecule has 0 unspecified atom stereocenters. The Hall–Kier alpha value is -1.95. The first-order valence-corrected chi connectivity index (χ1v) is 7.17. The molecule has 0 aliphatic rings. The summed E-state index contributed by atoms with van der Waals surface area (Å²) < 4.78 is 1.90. The van der Waals surface area contributed by atoms with Crippen molar-refractivity contribution in [3.63, 3.8) is 0 Å². The Morgan fingerprint density at radius 3 is 2.70 bits per heavy atom. The summed E-state index contributed by atoms with van der Waals surface area (Å²) in [6, 6.07) is 6.83. The smallest absolute Gasteiger partial charge is 0.233 e. The van der Waals surface area contributed by atoms with Crippen molar-refractivity contribution in [1.82, 2.24) is 14.5 Å². The number of carbonyl (C=O) groups excluding carboxylic acids is 1. The van der Waals surface area contributed by atoms with E-state index in [0.29, 0.717) is 12.3 Å². The molecule has 6 heteroatoms. The summed E-state index contributed by atoms with van der Waals surface area (Å²) in [7, 11) is 3.68. The number of aromatic nitrogens is 2. The molecule has 0 radical (unpaired) electrons. The number of amides is 1. The summed E-state index contributed by atoms with van der Waals surface area (Å²) in [4.78, 5) is 18.9. The van der Waals surface area contributed by atoms with Crippen molar-refractivity contribution in [1.29, 1.82) is 0 Å². The van der Waals surface area contributed by atoms with Crippen LogP contribution in [0.5, 0.6) is 5.75 Å². The van der Waals surface area contributed by atoms with E-state index in [0.717, 1.165) is 10.7 Å². The monoisotopic (exact) mass is 291 g/mol. The lowest BCUT2D eigenvalue weighted by molar-refractivity contribution is -0.127. The summed E-state index contributed by atoms with van der Waals surface area (Å²) in [5.74, 6) is 1.50. The molecule has 1 aromatic heterocycles. The maximum Gasteiger partial charge on any atom is 0.233 e. The minimum Gasteiger partial charge on any atom is -0.508 e. The molecule has 5 nitrogen and oxygen atoms in total. The molecule has 20 heavy (non-hydrogen) atoms. The SMILES string of the molecule is CN(Cc1nccn1C)C(=O)CSc1ccc(O)cc1. The minimum atomic E-state index is 0.0473. The molecule has 0 fully saturated rings. The zero-order valence-corrected chi connectivity index (χ0v) is 12.3. The quantitative estimate of drug-likeness (QED) is 0.855. The van der Waals surface area contributed by atoms with E-state index < -0.39 is 0 Å². The molecule has 0 bridgehead atoms. The topological polar surface area (TPSA) is 58.4 Å². The Labute approximate surface area is 122 Å². The van der Waals surface area contributed by atoms with Crippen molar-refractivity contribution >= 4 is 17.7 Å². The number of nitrogens with zero attached hydrogens (tertiary/aromatic N) is 3. The van der Waals surface area contributed by atoms with Crippen molar-refractivity contribution in [2.75, 3.05) is 12.8 Å². The van der Waals surface area contributed by atoms with E-state index >= 15 is 0 Å². The van der Waals surface area contributed by atoms with Crippen molar-refractivity contribution in [3.05, 3.63) is 42.5 Å². The highest BCUT2D eigenvalue weighted by molar-refractivity contribution is 8.00. The van der Waals surface area contributed by atoms with Crippen LogP contribution in [0.3, 0.4) is 0 Å². The summed E-state index contributed by atoms with van der Waals surface area (Å²) in [5, 5.41) is 9.20. The van der Waals surface area contributed by atoms with Crippen LogP contribution >= 0.6 is 11.8 Å². The second kappa shape index (κ2) is 6.47. The molecule has 0 saturated carbocycles. The molecule has 1 heterocycles. The van der Waals surface area contributed by atoms with E-state index in [-0.39, 0.29) is 11.7 Å². The molecule has 1 N–H and O–H groups in total. The van der Waals surface area contributed by atoms with E-state index in [4.69, 9.17) is 0 Å². The van der Waals surface area contributed by atoms with Gasteiger partial charge in [-0.15, -0.1) is 11.8 Å². The molecule has 2 rings (SSSR count). The number of benzene rings is 1. The fourth-order valence-electron chi connectivity index (χ4n) is 1.65. The van der Waals surface area contributed by atoms with Crippen molar-refractivity contribution < 1.29 is 9.90 Å². The first-order chi connectivity index (χ1) is 9.56. The van der Waals surface area contributed by atoms with Gasteiger partial charge in [0, 0.05) is 31.4 Å². The Balaban J connectivity index is 1.85. The number of thioether (sulfide) groups is 1. The lowest BCUT2D eigenvalue weighted by Crippen LogP contribution is -2.28. The zero-order valence-electron chi connectivity index (χ0n) is 11.5. The average Bonchev–Trinajstić information content (AvgIpc) is 2.83. The van der Waals surface area contributed by atoms with E-state index in [2.05, 4.69) is 4.98 Å². The van der Waals surface area contributed by atoms with Gasteiger partial charge in [-0.2, -0.15) is 0 Å². The fourth-order valence-corrected chi connectivity index (χ4v) is 2.49. The van der Waals surface area contributed by atoms with Crippen LogP contribution in [0.15, 0.2) is 41.6 Å². The highest BCUT2D eigenvalue weighted by Crippen LogP contribution is 2.21. The Morgan fingerprint density at radius 1 is 1.40 bits per heavy atom. The fraction of sp³-hybridized carbons (Fsp3) is 0.286. The van der Waals surface area contributed by atoms with Gasteiger partial charge in [0.15, 0.2) is 0 Å². The van der Waals surface area contributed by atoms with Crippen LogP contribution in [0.2, 0.25) is 0 Å². The predicted molar refractivity (Wildman–Crippen MR) is 78.5 cm³/mol. The highest BCUT2D eigenvalue weighted by atomic mass is 32.2. The normalized spacial score (nSPS) is 10.5. The van der Waals surface area contributed by atoms with Gasteiger partial charge in [-0.25, -0.2) is 4.98 Å².